The number of carbonyl (C=O) groups is 1. The molecule has 0 radical (unpaired) electrons. The van der Waals surface area contributed by atoms with Gasteiger partial charge in [-0.25, -0.2) is 9.59 Å². The van der Waals surface area contributed by atoms with Gasteiger partial charge in [-0.3, -0.25) is 22.9 Å². The zero-order valence-electron chi connectivity index (χ0n) is 19.8. The van der Waals surface area contributed by atoms with Crippen LogP contribution in [0, 0.1) is 0 Å². The third-order valence-corrected chi connectivity index (χ3v) is 6.13. The first kappa shape index (κ1) is 22.4. The Morgan fingerprint density at radius 3 is 2.37 bits per heavy atom. The molecule has 9 heteroatoms. The average molecular weight is 472 g/mol. The summed E-state index contributed by atoms with van der Waals surface area (Å²) in [6.45, 7) is 2.43. The van der Waals surface area contributed by atoms with Crippen LogP contribution in [-0.4, -0.2) is 35.7 Å². The minimum atomic E-state index is -0.441. The lowest BCUT2D eigenvalue weighted by Gasteiger charge is -2.10. The van der Waals surface area contributed by atoms with Crippen molar-refractivity contribution in [1.82, 2.24) is 23.1 Å². The summed E-state index contributed by atoms with van der Waals surface area (Å²) in [4.78, 5) is 42.5. The highest BCUT2D eigenvalue weighted by Gasteiger charge is 2.22. The predicted molar refractivity (Wildman–Crippen MR) is 133 cm³/mol. The van der Waals surface area contributed by atoms with Crippen LogP contribution in [0.25, 0.3) is 33.9 Å². The molecule has 0 saturated heterocycles. The summed E-state index contributed by atoms with van der Waals surface area (Å²) in [7, 11) is 3.05. The van der Waals surface area contributed by atoms with Crippen LogP contribution in [0.15, 0.2) is 70.4 Å². The third-order valence-electron chi connectivity index (χ3n) is 6.13. The Labute approximate surface area is 200 Å². The molecule has 0 unspecified atom stereocenters. The number of fused-ring (bicyclic) bond motifs is 3. The van der Waals surface area contributed by atoms with Gasteiger partial charge in [-0.15, -0.1) is 0 Å². The second-order valence-corrected chi connectivity index (χ2v) is 8.41. The standard InChI is InChI=1S/C26H25N5O4/c1-4-5-15-35-24(33)18-11-13-19(14-12-18)31-20(17-9-7-6-8-10-17)16-30-21-22(27-25(30)31)28(2)26(34)29(3)23(21)32/h6-14,16H,4-5,15H2,1-3H3. The van der Waals surface area contributed by atoms with Crippen molar-refractivity contribution in [3.05, 3.63) is 87.2 Å². The fourth-order valence-corrected chi connectivity index (χ4v) is 4.18. The number of aromatic nitrogens is 5. The van der Waals surface area contributed by atoms with Gasteiger partial charge in [0.2, 0.25) is 5.78 Å². The lowest BCUT2D eigenvalue weighted by molar-refractivity contribution is 0.0500. The van der Waals surface area contributed by atoms with Crippen LogP contribution in [0.5, 0.6) is 0 Å². The number of esters is 1. The van der Waals surface area contributed by atoms with Gasteiger partial charge in [0.15, 0.2) is 11.2 Å². The summed E-state index contributed by atoms with van der Waals surface area (Å²) in [5.41, 5.74) is 2.70. The van der Waals surface area contributed by atoms with Gasteiger partial charge in [-0.05, 0) is 30.7 Å². The molecule has 0 saturated carbocycles. The highest BCUT2D eigenvalue weighted by molar-refractivity contribution is 5.89. The Balaban J connectivity index is 1.72. The SMILES string of the molecule is CCCCOC(=O)c1ccc(-n2c(-c3ccccc3)cn3c4c(=O)n(C)c(=O)n(C)c4nc23)cc1. The van der Waals surface area contributed by atoms with E-state index in [0.717, 1.165) is 34.4 Å². The van der Waals surface area contributed by atoms with Gasteiger partial charge in [0, 0.05) is 31.5 Å². The van der Waals surface area contributed by atoms with Gasteiger partial charge in [-0.1, -0.05) is 43.7 Å². The zero-order valence-corrected chi connectivity index (χ0v) is 19.8. The van der Waals surface area contributed by atoms with Crippen LogP contribution in [0.1, 0.15) is 30.1 Å². The van der Waals surface area contributed by atoms with Gasteiger partial charge in [-0.2, -0.15) is 4.98 Å². The fourth-order valence-electron chi connectivity index (χ4n) is 4.18. The molecule has 0 spiro atoms. The lowest BCUT2D eigenvalue weighted by atomic mass is 10.1. The van der Waals surface area contributed by atoms with Crippen LogP contribution in [0.4, 0.5) is 0 Å². The third kappa shape index (κ3) is 3.65. The molecule has 0 aliphatic carbocycles. The summed E-state index contributed by atoms with van der Waals surface area (Å²) in [6, 6.07) is 16.8. The van der Waals surface area contributed by atoms with E-state index in [4.69, 9.17) is 9.72 Å². The quantitative estimate of drug-likeness (QED) is 0.280. The van der Waals surface area contributed by atoms with E-state index in [1.54, 1.807) is 23.6 Å². The lowest BCUT2D eigenvalue weighted by Crippen LogP contribution is -2.37. The molecule has 5 rings (SSSR count). The van der Waals surface area contributed by atoms with E-state index in [1.807, 2.05) is 60.2 Å². The zero-order chi connectivity index (χ0) is 24.7. The molecule has 5 aromatic rings. The second-order valence-electron chi connectivity index (χ2n) is 8.41. The van der Waals surface area contributed by atoms with E-state index in [1.165, 1.54) is 11.6 Å². The predicted octanol–water partition coefficient (Wildman–Crippen LogP) is 3.30. The summed E-state index contributed by atoms with van der Waals surface area (Å²) in [6.07, 6.45) is 3.62. The summed E-state index contributed by atoms with van der Waals surface area (Å²) < 4.78 is 11.4. The number of ether oxygens (including phenoxy) is 1. The minimum Gasteiger partial charge on any atom is -0.462 e. The van der Waals surface area contributed by atoms with Crippen molar-refractivity contribution >= 4 is 22.9 Å². The number of rotatable bonds is 6. The molecular weight excluding hydrogens is 446 g/mol. The van der Waals surface area contributed by atoms with Crippen molar-refractivity contribution in [3.8, 4) is 16.9 Å². The number of unbranched alkanes of at least 4 members (excludes halogenated alkanes) is 1. The van der Waals surface area contributed by atoms with E-state index in [2.05, 4.69) is 0 Å². The maximum absolute atomic E-state index is 13.0. The normalized spacial score (nSPS) is 11.4. The topological polar surface area (TPSA) is 92.5 Å². The van der Waals surface area contributed by atoms with Crippen molar-refractivity contribution in [3.63, 3.8) is 0 Å². The molecule has 3 aromatic heterocycles. The molecule has 2 aromatic carbocycles. The van der Waals surface area contributed by atoms with Crippen molar-refractivity contribution in [2.75, 3.05) is 6.61 Å². The molecule has 0 aliphatic heterocycles. The van der Waals surface area contributed by atoms with Crippen LogP contribution in [0.3, 0.4) is 0 Å². The first-order chi connectivity index (χ1) is 16.9. The van der Waals surface area contributed by atoms with E-state index in [-0.39, 0.29) is 5.97 Å². The summed E-state index contributed by atoms with van der Waals surface area (Å²) >= 11 is 0. The number of carbonyl (C=O) groups excluding carboxylic acids is 1. The maximum Gasteiger partial charge on any atom is 0.338 e. The highest BCUT2D eigenvalue weighted by Crippen LogP contribution is 2.29. The van der Waals surface area contributed by atoms with Crippen LogP contribution < -0.4 is 11.2 Å². The number of nitrogens with zero attached hydrogens (tertiary/aromatic N) is 5. The molecule has 0 amide bonds. The van der Waals surface area contributed by atoms with E-state index in [9.17, 15) is 14.4 Å². The maximum atomic E-state index is 13.0. The van der Waals surface area contributed by atoms with Crippen molar-refractivity contribution in [2.45, 2.75) is 19.8 Å². The van der Waals surface area contributed by atoms with E-state index >= 15 is 0 Å². The Morgan fingerprint density at radius 1 is 0.971 bits per heavy atom. The molecule has 3 heterocycles. The molecular formula is C26H25N5O4. The molecule has 0 N–H and O–H groups in total. The van der Waals surface area contributed by atoms with Crippen LogP contribution in [-0.2, 0) is 18.8 Å². The van der Waals surface area contributed by atoms with Gasteiger partial charge in [0.1, 0.15) is 0 Å². The first-order valence-corrected chi connectivity index (χ1v) is 11.4. The van der Waals surface area contributed by atoms with Gasteiger partial charge in [0.05, 0.1) is 17.9 Å². The Hall–Kier alpha value is -4.40. The van der Waals surface area contributed by atoms with E-state index in [0.29, 0.717) is 29.1 Å². The molecule has 178 valence electrons. The molecule has 0 bridgehead atoms. The average Bonchev–Trinajstić information content (AvgIpc) is 3.43. The number of hydrogen-bond acceptors (Lipinski definition) is 5. The monoisotopic (exact) mass is 471 g/mol. The number of aryl methyl sites for hydroxylation is 1. The number of benzene rings is 2. The Kier molecular flexibility index (Phi) is 5.60. The van der Waals surface area contributed by atoms with E-state index < -0.39 is 11.2 Å². The van der Waals surface area contributed by atoms with Gasteiger partial charge >= 0.3 is 11.7 Å². The Bertz CT molecular complexity index is 1670. The summed E-state index contributed by atoms with van der Waals surface area (Å²) in [5.74, 6) is 0.117. The highest BCUT2D eigenvalue weighted by atomic mass is 16.5. The molecule has 9 nitrogen and oxygen atoms in total. The van der Waals surface area contributed by atoms with Crippen LogP contribution >= 0.6 is 0 Å². The van der Waals surface area contributed by atoms with Crippen LogP contribution in [0.2, 0.25) is 0 Å². The fraction of sp³-hybridized carbons (Fsp3) is 0.231. The summed E-state index contributed by atoms with van der Waals surface area (Å²) in [5, 5.41) is 0. The smallest absolute Gasteiger partial charge is 0.338 e. The van der Waals surface area contributed by atoms with Crippen molar-refractivity contribution in [2.24, 2.45) is 14.1 Å². The number of hydrogen-bond donors (Lipinski definition) is 0. The number of imidazole rings is 2. The van der Waals surface area contributed by atoms with Gasteiger partial charge < -0.3 is 4.74 Å². The first-order valence-electron chi connectivity index (χ1n) is 11.4. The molecule has 35 heavy (non-hydrogen) atoms. The van der Waals surface area contributed by atoms with Crippen molar-refractivity contribution in [1.29, 1.82) is 0 Å². The molecule has 0 atom stereocenters. The second kappa shape index (κ2) is 8.75. The molecule has 0 fully saturated rings. The minimum absolute atomic E-state index is 0.303. The Morgan fingerprint density at radius 2 is 1.69 bits per heavy atom. The largest absolute Gasteiger partial charge is 0.462 e. The van der Waals surface area contributed by atoms with Gasteiger partial charge in [0.25, 0.3) is 5.56 Å². The van der Waals surface area contributed by atoms with Crippen molar-refractivity contribution < 1.29 is 9.53 Å². The molecule has 0 aliphatic rings.